The van der Waals surface area contributed by atoms with Crippen LogP contribution in [0.2, 0.25) is 0 Å². The van der Waals surface area contributed by atoms with Crippen LogP contribution in [0.3, 0.4) is 0 Å². The van der Waals surface area contributed by atoms with Crippen LogP contribution in [-0.2, 0) is 6.42 Å². The number of hydrogen-bond donors (Lipinski definition) is 1. The molecule has 2 aliphatic rings. The monoisotopic (exact) mass is 373 g/mol. The van der Waals surface area contributed by atoms with Gasteiger partial charge in [0.25, 0.3) is 0 Å². The Balaban J connectivity index is 1.44. The van der Waals surface area contributed by atoms with Gasteiger partial charge in [-0.25, -0.2) is 14.5 Å². The van der Waals surface area contributed by atoms with Crippen molar-refractivity contribution in [3.8, 4) is 0 Å². The molecule has 0 saturated heterocycles. The highest BCUT2D eigenvalue weighted by molar-refractivity contribution is 5.82. The smallest absolute Gasteiger partial charge is 0.223 e. The van der Waals surface area contributed by atoms with E-state index in [0.717, 1.165) is 36.6 Å². The largest absolute Gasteiger partial charge is 0.351 e. The number of anilines is 1. The van der Waals surface area contributed by atoms with Gasteiger partial charge in [-0.1, -0.05) is 13.0 Å². The average Bonchev–Trinajstić information content (AvgIpc) is 3.08. The standard InChI is InChI=1S/C23H27N5/c1-16-6-8-18(9-7-16)26-23-24-15-21-20(4-2-3-5-22(21)27-23)17-11-13-28-19(14-17)10-12-25-28/h4,10-16,18H,2-3,5-9H2,1H3,(H,24,26,27)/t16-,18-. The van der Waals surface area contributed by atoms with E-state index in [2.05, 4.69) is 35.5 Å². The lowest BCUT2D eigenvalue weighted by Crippen LogP contribution is -2.26. The highest BCUT2D eigenvalue weighted by atomic mass is 15.2. The molecule has 1 fully saturated rings. The van der Waals surface area contributed by atoms with Crippen LogP contribution in [0.5, 0.6) is 0 Å². The van der Waals surface area contributed by atoms with Gasteiger partial charge in [-0.15, -0.1) is 0 Å². The van der Waals surface area contributed by atoms with Crippen LogP contribution in [0.25, 0.3) is 11.1 Å². The van der Waals surface area contributed by atoms with Gasteiger partial charge in [-0.05, 0) is 80.2 Å². The predicted octanol–water partition coefficient (Wildman–Crippen LogP) is 4.88. The number of hydrogen-bond acceptors (Lipinski definition) is 4. The minimum Gasteiger partial charge on any atom is -0.351 e. The minimum absolute atomic E-state index is 0.513. The Morgan fingerprint density at radius 3 is 2.93 bits per heavy atom. The number of pyridine rings is 1. The van der Waals surface area contributed by atoms with Crippen molar-refractivity contribution in [1.29, 1.82) is 0 Å². The summed E-state index contributed by atoms with van der Waals surface area (Å²) >= 11 is 0. The number of nitrogens with zero attached hydrogens (tertiary/aromatic N) is 4. The Kier molecular flexibility index (Phi) is 4.59. The molecule has 0 aromatic carbocycles. The van der Waals surface area contributed by atoms with Crippen molar-refractivity contribution in [2.75, 3.05) is 5.32 Å². The van der Waals surface area contributed by atoms with Gasteiger partial charge in [0.15, 0.2) is 0 Å². The molecule has 28 heavy (non-hydrogen) atoms. The fraction of sp³-hybridized carbons (Fsp3) is 0.435. The van der Waals surface area contributed by atoms with Gasteiger partial charge < -0.3 is 5.32 Å². The molecule has 0 radical (unpaired) electrons. The molecule has 1 saturated carbocycles. The number of aromatic nitrogens is 4. The van der Waals surface area contributed by atoms with Gasteiger partial charge in [0.2, 0.25) is 5.95 Å². The molecule has 5 heteroatoms. The lowest BCUT2D eigenvalue weighted by molar-refractivity contribution is 0.360. The molecule has 0 spiro atoms. The molecule has 3 aromatic heterocycles. The molecule has 2 aliphatic carbocycles. The van der Waals surface area contributed by atoms with Gasteiger partial charge in [0, 0.05) is 30.2 Å². The lowest BCUT2D eigenvalue weighted by atomic mass is 9.87. The second-order valence-corrected chi connectivity index (χ2v) is 8.28. The van der Waals surface area contributed by atoms with Crippen LogP contribution in [0.15, 0.2) is 42.9 Å². The van der Waals surface area contributed by atoms with Crippen molar-refractivity contribution in [3.63, 3.8) is 0 Å². The van der Waals surface area contributed by atoms with Gasteiger partial charge in [-0.2, -0.15) is 5.10 Å². The van der Waals surface area contributed by atoms with Crippen molar-refractivity contribution >= 4 is 17.0 Å². The molecule has 0 atom stereocenters. The minimum atomic E-state index is 0.513. The Morgan fingerprint density at radius 2 is 2.04 bits per heavy atom. The van der Waals surface area contributed by atoms with Crippen molar-refractivity contribution in [2.24, 2.45) is 5.92 Å². The lowest BCUT2D eigenvalue weighted by Gasteiger charge is -2.27. The van der Waals surface area contributed by atoms with E-state index < -0.39 is 0 Å². The molecule has 0 bridgehead atoms. The molecular weight excluding hydrogens is 346 g/mol. The zero-order valence-corrected chi connectivity index (χ0v) is 16.4. The predicted molar refractivity (Wildman–Crippen MR) is 112 cm³/mol. The van der Waals surface area contributed by atoms with E-state index in [1.807, 2.05) is 29.2 Å². The maximum atomic E-state index is 4.93. The van der Waals surface area contributed by atoms with E-state index in [1.54, 1.807) is 0 Å². The Bertz CT molecular complexity index is 1010. The fourth-order valence-corrected chi connectivity index (χ4v) is 4.48. The summed E-state index contributed by atoms with van der Waals surface area (Å²) in [7, 11) is 0. The fourth-order valence-electron chi connectivity index (χ4n) is 4.48. The second kappa shape index (κ2) is 7.38. The zero-order valence-electron chi connectivity index (χ0n) is 16.4. The van der Waals surface area contributed by atoms with Crippen molar-refractivity contribution in [1.82, 2.24) is 19.6 Å². The summed E-state index contributed by atoms with van der Waals surface area (Å²) in [6.45, 7) is 2.35. The first kappa shape index (κ1) is 17.4. The van der Waals surface area contributed by atoms with Gasteiger partial charge in [0.05, 0.1) is 11.2 Å². The van der Waals surface area contributed by atoms with Crippen molar-refractivity contribution in [3.05, 3.63) is 59.7 Å². The average molecular weight is 374 g/mol. The van der Waals surface area contributed by atoms with E-state index in [-0.39, 0.29) is 0 Å². The third kappa shape index (κ3) is 3.41. The summed E-state index contributed by atoms with van der Waals surface area (Å²) < 4.78 is 1.90. The van der Waals surface area contributed by atoms with Crippen LogP contribution >= 0.6 is 0 Å². The SMILES string of the molecule is C[C@H]1CC[C@H](Nc2ncc3c(n2)CCCC=C3c2ccn3nccc3c2)CC1. The number of nitrogens with one attached hydrogen (secondary N) is 1. The second-order valence-electron chi connectivity index (χ2n) is 8.28. The van der Waals surface area contributed by atoms with Crippen molar-refractivity contribution in [2.45, 2.75) is 57.9 Å². The van der Waals surface area contributed by atoms with Gasteiger partial charge in [0.1, 0.15) is 0 Å². The van der Waals surface area contributed by atoms with E-state index in [1.165, 1.54) is 48.1 Å². The summed E-state index contributed by atoms with van der Waals surface area (Å²) in [5.74, 6) is 1.65. The molecule has 0 amide bonds. The van der Waals surface area contributed by atoms with Crippen molar-refractivity contribution < 1.29 is 0 Å². The highest BCUT2D eigenvalue weighted by Gasteiger charge is 2.20. The van der Waals surface area contributed by atoms with Crippen LogP contribution < -0.4 is 5.32 Å². The van der Waals surface area contributed by atoms with Gasteiger partial charge >= 0.3 is 0 Å². The first-order chi connectivity index (χ1) is 13.8. The zero-order chi connectivity index (χ0) is 18.9. The summed E-state index contributed by atoms with van der Waals surface area (Å²) in [5.41, 5.74) is 5.90. The van der Waals surface area contributed by atoms with E-state index >= 15 is 0 Å². The molecule has 1 N–H and O–H groups in total. The number of rotatable bonds is 3. The topological polar surface area (TPSA) is 55.1 Å². The van der Waals surface area contributed by atoms with E-state index in [4.69, 9.17) is 9.97 Å². The number of aryl methyl sites for hydroxylation is 1. The summed E-state index contributed by atoms with van der Waals surface area (Å²) in [6.07, 6.45) is 16.5. The maximum absolute atomic E-state index is 4.93. The molecule has 0 aliphatic heterocycles. The first-order valence-corrected chi connectivity index (χ1v) is 10.5. The number of allylic oxidation sites excluding steroid dienone is 1. The third-order valence-electron chi connectivity index (χ3n) is 6.18. The van der Waals surface area contributed by atoms with Crippen LogP contribution in [0.1, 0.15) is 62.3 Å². The Morgan fingerprint density at radius 1 is 1.14 bits per heavy atom. The molecule has 144 valence electrons. The Labute approximate surface area is 165 Å². The summed E-state index contributed by atoms with van der Waals surface area (Å²) in [5, 5.41) is 7.90. The molecule has 3 aromatic rings. The molecule has 3 heterocycles. The molecule has 5 nitrogen and oxygen atoms in total. The van der Waals surface area contributed by atoms with E-state index in [9.17, 15) is 0 Å². The van der Waals surface area contributed by atoms with Gasteiger partial charge in [-0.3, -0.25) is 0 Å². The third-order valence-corrected chi connectivity index (χ3v) is 6.18. The van der Waals surface area contributed by atoms with E-state index in [0.29, 0.717) is 6.04 Å². The summed E-state index contributed by atoms with van der Waals surface area (Å²) in [4.78, 5) is 9.63. The Hall–Kier alpha value is -2.69. The van der Waals surface area contributed by atoms with Crippen LogP contribution in [-0.4, -0.2) is 25.6 Å². The summed E-state index contributed by atoms with van der Waals surface area (Å²) in [6, 6.07) is 6.88. The first-order valence-electron chi connectivity index (χ1n) is 10.5. The molecule has 5 rings (SSSR count). The normalized spacial score (nSPS) is 22.4. The quantitative estimate of drug-likeness (QED) is 0.711. The molecular formula is C23H27N5. The van der Waals surface area contributed by atoms with Crippen LogP contribution in [0.4, 0.5) is 5.95 Å². The maximum Gasteiger partial charge on any atom is 0.223 e. The molecule has 0 unspecified atom stereocenters. The number of fused-ring (bicyclic) bond motifs is 2. The van der Waals surface area contributed by atoms with Crippen LogP contribution in [0, 0.1) is 5.92 Å². The highest BCUT2D eigenvalue weighted by Crippen LogP contribution is 2.31.